The highest BCUT2D eigenvalue weighted by Crippen LogP contribution is 2.20. The Morgan fingerprint density at radius 2 is 2.42 bits per heavy atom. The van der Waals surface area contributed by atoms with E-state index in [1.165, 1.54) is 0 Å². The van der Waals surface area contributed by atoms with Gasteiger partial charge in [-0.05, 0) is 12.7 Å². The molecule has 0 amide bonds. The minimum atomic E-state index is 0.944. The van der Waals surface area contributed by atoms with Crippen LogP contribution >= 0.6 is 11.8 Å². The van der Waals surface area contributed by atoms with E-state index >= 15 is 0 Å². The molecule has 0 radical (unpaired) electrons. The van der Waals surface area contributed by atoms with Gasteiger partial charge in [0.2, 0.25) is 0 Å². The molecule has 0 saturated heterocycles. The zero-order chi connectivity index (χ0) is 8.81. The molecule has 0 aromatic carbocycles. The highest BCUT2D eigenvalue weighted by Gasteiger charge is 1.99. The molecule has 0 aliphatic carbocycles. The lowest BCUT2D eigenvalue weighted by molar-refractivity contribution is 0.952. The molecule has 1 N–H and O–H groups in total. The van der Waals surface area contributed by atoms with Gasteiger partial charge in [0.05, 0.1) is 4.90 Å². The van der Waals surface area contributed by atoms with Gasteiger partial charge in [0.1, 0.15) is 12.1 Å². The summed E-state index contributed by atoms with van der Waals surface area (Å²) in [5, 5.41) is 3.24. The minimum absolute atomic E-state index is 0.944. The van der Waals surface area contributed by atoms with Crippen molar-refractivity contribution >= 4 is 17.6 Å². The van der Waals surface area contributed by atoms with E-state index < -0.39 is 0 Å². The maximum absolute atomic E-state index is 4.14. The second kappa shape index (κ2) is 4.98. The van der Waals surface area contributed by atoms with Crippen LogP contribution < -0.4 is 5.32 Å². The Morgan fingerprint density at radius 3 is 3.08 bits per heavy atom. The van der Waals surface area contributed by atoms with E-state index in [0.717, 1.165) is 23.7 Å². The van der Waals surface area contributed by atoms with Crippen molar-refractivity contribution in [1.29, 1.82) is 0 Å². The summed E-state index contributed by atoms with van der Waals surface area (Å²) in [6.45, 7) is 3.09. The van der Waals surface area contributed by atoms with Gasteiger partial charge < -0.3 is 5.32 Å². The molecule has 3 nitrogen and oxygen atoms in total. The molecular formula is C8H13N3S. The zero-order valence-electron chi connectivity index (χ0n) is 7.37. The molecule has 66 valence electrons. The maximum atomic E-state index is 4.14. The zero-order valence-corrected chi connectivity index (χ0v) is 8.19. The molecule has 0 unspecified atom stereocenters. The van der Waals surface area contributed by atoms with E-state index in [-0.39, 0.29) is 0 Å². The Balaban J connectivity index is 2.68. The van der Waals surface area contributed by atoms with Crippen molar-refractivity contribution in [3.63, 3.8) is 0 Å². The van der Waals surface area contributed by atoms with Crippen LogP contribution in [0.15, 0.2) is 17.4 Å². The highest BCUT2D eigenvalue weighted by molar-refractivity contribution is 7.98. The van der Waals surface area contributed by atoms with Crippen molar-refractivity contribution in [2.75, 3.05) is 18.1 Å². The van der Waals surface area contributed by atoms with Crippen LogP contribution in [0.4, 0.5) is 5.82 Å². The Morgan fingerprint density at radius 1 is 1.58 bits per heavy atom. The Hall–Kier alpha value is -0.770. The summed E-state index contributed by atoms with van der Waals surface area (Å²) in [4.78, 5) is 9.20. The number of hydrogen-bond acceptors (Lipinski definition) is 4. The molecule has 4 heteroatoms. The van der Waals surface area contributed by atoms with Gasteiger partial charge in [-0.3, -0.25) is 0 Å². The number of nitrogens with one attached hydrogen (secondary N) is 1. The molecule has 0 saturated carbocycles. The molecule has 1 aromatic heterocycles. The van der Waals surface area contributed by atoms with Gasteiger partial charge in [-0.2, -0.15) is 0 Å². The summed E-state index contributed by atoms with van der Waals surface area (Å²) < 4.78 is 0. The van der Waals surface area contributed by atoms with Crippen molar-refractivity contribution in [3.8, 4) is 0 Å². The van der Waals surface area contributed by atoms with E-state index in [4.69, 9.17) is 0 Å². The Labute approximate surface area is 77.0 Å². The quantitative estimate of drug-likeness (QED) is 0.725. The minimum Gasteiger partial charge on any atom is -0.369 e. The molecule has 1 heterocycles. The largest absolute Gasteiger partial charge is 0.369 e. The van der Waals surface area contributed by atoms with Gasteiger partial charge in [-0.15, -0.1) is 11.8 Å². The maximum Gasteiger partial charge on any atom is 0.143 e. The molecule has 0 bridgehead atoms. The third-order valence-corrected chi connectivity index (χ3v) is 2.18. The van der Waals surface area contributed by atoms with Crippen LogP contribution in [0.5, 0.6) is 0 Å². The lowest BCUT2D eigenvalue weighted by atomic mass is 10.4. The van der Waals surface area contributed by atoms with Crippen LogP contribution in [0.25, 0.3) is 0 Å². The molecule has 0 spiro atoms. The monoisotopic (exact) mass is 183 g/mol. The van der Waals surface area contributed by atoms with Crippen molar-refractivity contribution in [2.24, 2.45) is 0 Å². The molecule has 0 fully saturated rings. The first-order chi connectivity index (χ1) is 5.88. The topological polar surface area (TPSA) is 37.8 Å². The molecule has 0 aliphatic heterocycles. The van der Waals surface area contributed by atoms with Crippen LogP contribution in [0, 0.1) is 0 Å². The Bertz CT molecular complexity index is 239. The summed E-state index contributed by atoms with van der Waals surface area (Å²) in [6.07, 6.45) is 6.53. The molecular weight excluding hydrogens is 170 g/mol. The first-order valence-corrected chi connectivity index (χ1v) is 5.18. The third kappa shape index (κ3) is 2.37. The number of nitrogens with zero attached hydrogens (tertiary/aromatic N) is 2. The van der Waals surface area contributed by atoms with Crippen LogP contribution in [0.1, 0.15) is 13.3 Å². The number of rotatable bonds is 4. The fourth-order valence-corrected chi connectivity index (χ4v) is 1.33. The summed E-state index contributed by atoms with van der Waals surface area (Å²) in [5.41, 5.74) is 0. The van der Waals surface area contributed by atoms with Crippen LogP contribution in [0.2, 0.25) is 0 Å². The summed E-state index contributed by atoms with van der Waals surface area (Å²) in [7, 11) is 0. The first kappa shape index (κ1) is 9.32. The fourth-order valence-electron chi connectivity index (χ4n) is 0.842. The van der Waals surface area contributed by atoms with Crippen molar-refractivity contribution < 1.29 is 0 Å². The van der Waals surface area contributed by atoms with Crippen molar-refractivity contribution in [1.82, 2.24) is 9.97 Å². The number of thioether (sulfide) groups is 1. The van der Waals surface area contributed by atoms with Gasteiger partial charge in [0, 0.05) is 12.7 Å². The predicted molar refractivity (Wildman–Crippen MR) is 52.6 cm³/mol. The molecule has 0 atom stereocenters. The van der Waals surface area contributed by atoms with Crippen LogP contribution in [0.3, 0.4) is 0 Å². The lowest BCUT2D eigenvalue weighted by Gasteiger charge is -2.06. The average Bonchev–Trinajstić information content (AvgIpc) is 2.15. The van der Waals surface area contributed by atoms with Gasteiger partial charge in [-0.1, -0.05) is 6.92 Å². The van der Waals surface area contributed by atoms with Gasteiger partial charge in [-0.25, -0.2) is 9.97 Å². The summed E-state index contributed by atoms with van der Waals surface area (Å²) in [6, 6.07) is 0. The van der Waals surface area contributed by atoms with Gasteiger partial charge in [0.15, 0.2) is 0 Å². The summed E-state index contributed by atoms with van der Waals surface area (Å²) in [5.74, 6) is 0.944. The highest BCUT2D eigenvalue weighted by atomic mass is 32.2. The smallest absolute Gasteiger partial charge is 0.143 e. The van der Waals surface area contributed by atoms with E-state index in [1.54, 1.807) is 18.1 Å². The third-order valence-electron chi connectivity index (χ3n) is 1.44. The fraction of sp³-hybridized carbons (Fsp3) is 0.500. The Kier molecular flexibility index (Phi) is 3.87. The van der Waals surface area contributed by atoms with E-state index in [2.05, 4.69) is 22.2 Å². The first-order valence-electron chi connectivity index (χ1n) is 3.96. The normalized spacial score (nSPS) is 9.83. The molecule has 12 heavy (non-hydrogen) atoms. The average molecular weight is 183 g/mol. The predicted octanol–water partition coefficient (Wildman–Crippen LogP) is 2.02. The second-order valence-electron chi connectivity index (χ2n) is 2.37. The second-order valence-corrected chi connectivity index (χ2v) is 3.21. The van der Waals surface area contributed by atoms with E-state index in [1.807, 2.05) is 12.5 Å². The standard InChI is InChI=1S/C8H13N3S/c1-3-4-10-8-7(12-2)5-9-6-11-8/h5-6H,3-4H2,1-2H3,(H,9,10,11). The number of hydrogen-bond donors (Lipinski definition) is 1. The molecule has 0 aliphatic rings. The number of aromatic nitrogens is 2. The van der Waals surface area contributed by atoms with Gasteiger partial charge in [0.25, 0.3) is 0 Å². The van der Waals surface area contributed by atoms with Crippen molar-refractivity contribution in [2.45, 2.75) is 18.2 Å². The van der Waals surface area contributed by atoms with Crippen LogP contribution in [-0.4, -0.2) is 22.8 Å². The van der Waals surface area contributed by atoms with E-state index in [0.29, 0.717) is 0 Å². The van der Waals surface area contributed by atoms with E-state index in [9.17, 15) is 0 Å². The molecule has 1 rings (SSSR count). The van der Waals surface area contributed by atoms with Crippen LogP contribution in [-0.2, 0) is 0 Å². The number of anilines is 1. The lowest BCUT2D eigenvalue weighted by Crippen LogP contribution is -2.03. The SMILES string of the molecule is CCCNc1ncncc1SC. The summed E-state index contributed by atoms with van der Waals surface area (Å²) >= 11 is 1.66. The van der Waals surface area contributed by atoms with Gasteiger partial charge >= 0.3 is 0 Å². The van der Waals surface area contributed by atoms with Crippen molar-refractivity contribution in [3.05, 3.63) is 12.5 Å². The molecule has 1 aromatic rings.